The van der Waals surface area contributed by atoms with E-state index in [4.69, 9.17) is 4.74 Å². The molecular weight excluding hydrogens is 288 g/mol. The lowest BCUT2D eigenvalue weighted by Gasteiger charge is -2.35. The van der Waals surface area contributed by atoms with E-state index in [2.05, 4.69) is 50.5 Å². The Labute approximate surface area is 137 Å². The number of benzene rings is 1. The van der Waals surface area contributed by atoms with Crippen LogP contribution in [0.4, 0.5) is 5.95 Å². The fraction of sp³-hybridized carbons (Fsp3) is 0.444. The van der Waals surface area contributed by atoms with Crippen molar-refractivity contribution in [3.8, 4) is 5.88 Å². The average Bonchev–Trinajstić information content (AvgIpc) is 2.64. The number of aromatic nitrogens is 2. The van der Waals surface area contributed by atoms with Crippen LogP contribution < -0.4 is 10.1 Å². The molecule has 1 saturated heterocycles. The zero-order valence-electron chi connectivity index (χ0n) is 13.6. The Morgan fingerprint density at radius 1 is 1.13 bits per heavy atom. The van der Waals surface area contributed by atoms with Crippen molar-refractivity contribution in [3.63, 3.8) is 0 Å². The second-order valence-electron chi connectivity index (χ2n) is 5.83. The summed E-state index contributed by atoms with van der Waals surface area (Å²) in [5.41, 5.74) is 1.34. The molecule has 0 bridgehead atoms. The fourth-order valence-corrected chi connectivity index (χ4v) is 3.09. The molecule has 1 atom stereocenters. The number of ether oxygens (including phenoxy) is 1. The van der Waals surface area contributed by atoms with Crippen LogP contribution in [0.1, 0.15) is 30.9 Å². The minimum Gasteiger partial charge on any atom is -0.481 e. The van der Waals surface area contributed by atoms with Crippen LogP contribution in [0.2, 0.25) is 0 Å². The van der Waals surface area contributed by atoms with Crippen LogP contribution >= 0.6 is 0 Å². The molecule has 0 saturated carbocycles. The molecule has 0 amide bonds. The molecule has 3 rings (SSSR count). The molecule has 0 spiro atoms. The highest BCUT2D eigenvalue weighted by atomic mass is 16.5. The summed E-state index contributed by atoms with van der Waals surface area (Å²) in [6.07, 6.45) is 5.61. The van der Waals surface area contributed by atoms with Gasteiger partial charge >= 0.3 is 0 Å². The van der Waals surface area contributed by atoms with Gasteiger partial charge in [0, 0.05) is 18.8 Å². The number of nitrogens with zero attached hydrogens (tertiary/aromatic N) is 3. The highest BCUT2D eigenvalue weighted by Crippen LogP contribution is 2.25. The van der Waals surface area contributed by atoms with Gasteiger partial charge in [-0.05, 0) is 31.5 Å². The van der Waals surface area contributed by atoms with Crippen LogP contribution in [-0.4, -0.2) is 41.6 Å². The van der Waals surface area contributed by atoms with Crippen molar-refractivity contribution in [2.24, 2.45) is 0 Å². The van der Waals surface area contributed by atoms with E-state index in [9.17, 15) is 0 Å². The predicted molar refractivity (Wildman–Crippen MR) is 91.7 cm³/mol. The molecule has 1 N–H and O–H groups in total. The standard InChI is InChI=1S/C18H24N4O/c1-23-17-10-11-19-18(21-17)20-14-16(15-8-4-2-5-9-15)22-12-6-3-7-13-22/h2,4-5,8-11,16H,3,6-7,12-14H2,1H3,(H,19,20,21)/t16-/m1/s1. The first-order valence-corrected chi connectivity index (χ1v) is 8.27. The van der Waals surface area contributed by atoms with E-state index >= 15 is 0 Å². The highest BCUT2D eigenvalue weighted by molar-refractivity contribution is 5.29. The third-order valence-electron chi connectivity index (χ3n) is 4.31. The summed E-state index contributed by atoms with van der Waals surface area (Å²) in [6, 6.07) is 12.8. The largest absolute Gasteiger partial charge is 0.481 e. The van der Waals surface area contributed by atoms with Gasteiger partial charge in [-0.1, -0.05) is 36.8 Å². The first-order valence-electron chi connectivity index (χ1n) is 8.27. The van der Waals surface area contributed by atoms with Crippen molar-refractivity contribution in [1.82, 2.24) is 14.9 Å². The normalized spacial score (nSPS) is 16.7. The Balaban J connectivity index is 1.72. The van der Waals surface area contributed by atoms with E-state index in [-0.39, 0.29) is 0 Å². The lowest BCUT2D eigenvalue weighted by Crippen LogP contribution is -2.37. The first-order chi connectivity index (χ1) is 11.4. The summed E-state index contributed by atoms with van der Waals surface area (Å²) in [7, 11) is 1.62. The number of piperidine rings is 1. The van der Waals surface area contributed by atoms with Gasteiger partial charge in [0.2, 0.25) is 11.8 Å². The van der Waals surface area contributed by atoms with Gasteiger partial charge in [-0.15, -0.1) is 0 Å². The highest BCUT2D eigenvalue weighted by Gasteiger charge is 2.22. The minimum absolute atomic E-state index is 0.339. The van der Waals surface area contributed by atoms with Crippen molar-refractivity contribution in [1.29, 1.82) is 0 Å². The molecule has 0 aliphatic carbocycles. The molecule has 1 aromatic heterocycles. The Hall–Kier alpha value is -2.14. The van der Waals surface area contributed by atoms with Crippen molar-refractivity contribution < 1.29 is 4.74 Å². The summed E-state index contributed by atoms with van der Waals surface area (Å²) in [6.45, 7) is 3.09. The van der Waals surface area contributed by atoms with Crippen LogP contribution in [0.5, 0.6) is 5.88 Å². The Morgan fingerprint density at radius 2 is 1.91 bits per heavy atom. The molecule has 5 heteroatoms. The molecule has 0 radical (unpaired) electrons. The number of anilines is 1. The quantitative estimate of drug-likeness (QED) is 0.888. The SMILES string of the molecule is COc1ccnc(NC[C@H](c2ccccc2)N2CCCCC2)n1. The molecule has 2 aromatic rings. The van der Waals surface area contributed by atoms with Gasteiger partial charge in [0.15, 0.2) is 0 Å². The van der Waals surface area contributed by atoms with Crippen molar-refractivity contribution in [2.45, 2.75) is 25.3 Å². The number of hydrogen-bond donors (Lipinski definition) is 1. The van der Waals surface area contributed by atoms with E-state index in [1.807, 2.05) is 0 Å². The fourth-order valence-electron chi connectivity index (χ4n) is 3.09. The van der Waals surface area contributed by atoms with Crippen molar-refractivity contribution >= 4 is 5.95 Å². The maximum atomic E-state index is 5.16. The molecule has 5 nitrogen and oxygen atoms in total. The summed E-state index contributed by atoms with van der Waals surface area (Å²) < 4.78 is 5.16. The number of hydrogen-bond acceptors (Lipinski definition) is 5. The maximum Gasteiger partial charge on any atom is 0.226 e. The predicted octanol–water partition coefficient (Wildman–Crippen LogP) is 3.12. The third kappa shape index (κ3) is 4.20. The van der Waals surface area contributed by atoms with Crippen LogP contribution in [0.3, 0.4) is 0 Å². The number of rotatable bonds is 6. The molecule has 1 aliphatic rings. The van der Waals surface area contributed by atoms with Crippen LogP contribution in [0, 0.1) is 0 Å². The molecule has 122 valence electrons. The monoisotopic (exact) mass is 312 g/mol. The van der Waals surface area contributed by atoms with Gasteiger partial charge in [0.1, 0.15) is 0 Å². The molecule has 0 unspecified atom stereocenters. The zero-order chi connectivity index (χ0) is 15.9. The average molecular weight is 312 g/mol. The van der Waals surface area contributed by atoms with Crippen molar-refractivity contribution in [3.05, 3.63) is 48.2 Å². The third-order valence-corrected chi connectivity index (χ3v) is 4.31. The number of nitrogens with one attached hydrogen (secondary N) is 1. The second-order valence-corrected chi connectivity index (χ2v) is 5.83. The smallest absolute Gasteiger partial charge is 0.226 e. The molecule has 1 aliphatic heterocycles. The Bertz CT molecular complexity index is 599. The zero-order valence-corrected chi connectivity index (χ0v) is 13.6. The van der Waals surface area contributed by atoms with E-state index < -0.39 is 0 Å². The molecule has 2 heterocycles. The van der Waals surface area contributed by atoms with Crippen molar-refractivity contribution in [2.75, 3.05) is 32.1 Å². The molecule has 1 fully saturated rings. The topological polar surface area (TPSA) is 50.3 Å². The lowest BCUT2D eigenvalue weighted by molar-refractivity contribution is 0.170. The van der Waals surface area contributed by atoms with Gasteiger partial charge in [-0.25, -0.2) is 4.98 Å². The lowest BCUT2D eigenvalue weighted by atomic mass is 10.0. The first kappa shape index (κ1) is 15.7. The van der Waals surface area contributed by atoms with Gasteiger partial charge in [0.05, 0.1) is 13.2 Å². The molecule has 1 aromatic carbocycles. The van der Waals surface area contributed by atoms with Gasteiger partial charge in [-0.2, -0.15) is 4.98 Å². The summed E-state index contributed by atoms with van der Waals surface area (Å²) in [5.74, 6) is 1.19. The van der Waals surface area contributed by atoms with E-state index in [1.165, 1.54) is 24.8 Å². The summed E-state index contributed by atoms with van der Waals surface area (Å²) in [4.78, 5) is 11.2. The maximum absolute atomic E-state index is 5.16. The molecular formula is C18H24N4O. The Kier molecular flexibility index (Phi) is 5.42. The van der Waals surface area contributed by atoms with Gasteiger partial charge in [0.25, 0.3) is 0 Å². The minimum atomic E-state index is 0.339. The van der Waals surface area contributed by atoms with E-state index in [0.717, 1.165) is 19.6 Å². The van der Waals surface area contributed by atoms with Gasteiger partial charge < -0.3 is 10.1 Å². The second kappa shape index (κ2) is 7.92. The number of methoxy groups -OCH3 is 1. The van der Waals surface area contributed by atoms with E-state index in [0.29, 0.717) is 17.9 Å². The van der Waals surface area contributed by atoms with Gasteiger partial charge in [-0.3, -0.25) is 4.90 Å². The van der Waals surface area contributed by atoms with Crippen LogP contribution in [0.25, 0.3) is 0 Å². The number of likely N-dealkylation sites (tertiary alicyclic amines) is 1. The molecule has 23 heavy (non-hydrogen) atoms. The van der Waals surface area contributed by atoms with E-state index in [1.54, 1.807) is 19.4 Å². The van der Waals surface area contributed by atoms with Crippen LogP contribution in [0.15, 0.2) is 42.6 Å². The summed E-state index contributed by atoms with van der Waals surface area (Å²) >= 11 is 0. The van der Waals surface area contributed by atoms with Crippen LogP contribution in [-0.2, 0) is 0 Å². The summed E-state index contributed by atoms with van der Waals surface area (Å²) in [5, 5.41) is 3.37. The Morgan fingerprint density at radius 3 is 2.65 bits per heavy atom.